The lowest BCUT2D eigenvalue weighted by Gasteiger charge is -2.30. The summed E-state index contributed by atoms with van der Waals surface area (Å²) in [5, 5.41) is 0. The fraction of sp³-hybridized carbons (Fsp3) is 0.333. The molecule has 0 saturated carbocycles. The molecule has 0 aromatic heterocycles. The Morgan fingerprint density at radius 1 is 1.10 bits per heavy atom. The van der Waals surface area contributed by atoms with Gasteiger partial charge in [0.1, 0.15) is 0 Å². The molecule has 2 N–H and O–H groups in total. The van der Waals surface area contributed by atoms with Crippen LogP contribution in [0.3, 0.4) is 0 Å². The summed E-state index contributed by atoms with van der Waals surface area (Å²) >= 11 is 0. The molecular weight excluding hydrogens is 417 g/mol. The normalized spacial score (nSPS) is 13.4. The molecule has 0 unspecified atom stereocenters. The first kappa shape index (κ1) is 22.3. The van der Waals surface area contributed by atoms with E-state index in [-0.39, 0.29) is 22.8 Å². The number of hydrogen-bond donors (Lipinski definition) is 1. The molecule has 0 fully saturated rings. The molecular formula is C21H21F3N2O5. The number of fused-ring (bicyclic) bond motifs is 1. The Hall–Kier alpha value is -3.43. The highest BCUT2D eigenvalue weighted by atomic mass is 19.4. The Bertz CT molecular complexity index is 982. The van der Waals surface area contributed by atoms with E-state index in [1.807, 2.05) is 0 Å². The van der Waals surface area contributed by atoms with Gasteiger partial charge in [0, 0.05) is 17.8 Å². The van der Waals surface area contributed by atoms with E-state index >= 15 is 0 Å². The van der Waals surface area contributed by atoms with E-state index in [1.54, 1.807) is 0 Å². The number of aryl methyl sites for hydroxylation is 1. The second-order valence-corrected chi connectivity index (χ2v) is 6.87. The van der Waals surface area contributed by atoms with Gasteiger partial charge in [-0.2, -0.15) is 13.2 Å². The molecule has 0 bridgehead atoms. The third kappa shape index (κ3) is 4.68. The number of nitrogens with zero attached hydrogens (tertiary/aromatic N) is 1. The van der Waals surface area contributed by atoms with Gasteiger partial charge < -0.3 is 24.8 Å². The fourth-order valence-electron chi connectivity index (χ4n) is 3.43. The van der Waals surface area contributed by atoms with Gasteiger partial charge >= 0.3 is 6.18 Å². The minimum absolute atomic E-state index is 0.106. The Morgan fingerprint density at radius 2 is 1.74 bits per heavy atom. The summed E-state index contributed by atoms with van der Waals surface area (Å²) in [5.41, 5.74) is 5.42. The third-order valence-corrected chi connectivity index (χ3v) is 4.84. The number of carbonyl (C=O) groups excluding carboxylic acids is 2. The van der Waals surface area contributed by atoms with Crippen molar-refractivity contribution in [2.24, 2.45) is 5.73 Å². The molecule has 0 spiro atoms. The van der Waals surface area contributed by atoms with Crippen LogP contribution in [0.2, 0.25) is 0 Å². The Labute approximate surface area is 176 Å². The number of nitrogens with two attached hydrogens (primary N) is 1. The van der Waals surface area contributed by atoms with Crippen LogP contribution in [0.25, 0.3) is 0 Å². The van der Waals surface area contributed by atoms with Crippen molar-refractivity contribution in [3.63, 3.8) is 0 Å². The molecule has 0 radical (unpaired) electrons. The number of methoxy groups -OCH3 is 2. The first-order valence-corrected chi connectivity index (χ1v) is 9.34. The summed E-state index contributed by atoms with van der Waals surface area (Å²) in [4.78, 5) is 25.7. The molecule has 2 amide bonds. The number of hydrogen-bond acceptors (Lipinski definition) is 5. The van der Waals surface area contributed by atoms with Crippen molar-refractivity contribution in [2.75, 3.05) is 32.3 Å². The van der Waals surface area contributed by atoms with E-state index in [0.29, 0.717) is 30.6 Å². The summed E-state index contributed by atoms with van der Waals surface area (Å²) in [6, 6.07) is 6.19. The zero-order chi connectivity index (χ0) is 22.8. The number of rotatable bonds is 6. The van der Waals surface area contributed by atoms with Crippen molar-refractivity contribution in [2.45, 2.75) is 19.0 Å². The van der Waals surface area contributed by atoms with Crippen LogP contribution < -0.4 is 24.8 Å². The number of anilines is 1. The van der Waals surface area contributed by atoms with Crippen LogP contribution in [0.4, 0.5) is 18.9 Å². The molecule has 1 heterocycles. The van der Waals surface area contributed by atoms with Gasteiger partial charge in [-0.05, 0) is 48.7 Å². The quantitative estimate of drug-likeness (QED) is 0.748. The van der Waals surface area contributed by atoms with Crippen LogP contribution in [-0.4, -0.2) is 39.2 Å². The summed E-state index contributed by atoms with van der Waals surface area (Å²) < 4.78 is 55.0. The molecule has 31 heavy (non-hydrogen) atoms. The van der Waals surface area contributed by atoms with Crippen LogP contribution in [-0.2, 0) is 17.4 Å². The van der Waals surface area contributed by atoms with Gasteiger partial charge in [-0.1, -0.05) is 0 Å². The molecule has 2 aromatic rings. The lowest BCUT2D eigenvalue weighted by atomic mass is 9.98. The highest BCUT2D eigenvalue weighted by molar-refractivity contribution is 6.07. The van der Waals surface area contributed by atoms with Crippen LogP contribution >= 0.6 is 0 Å². The van der Waals surface area contributed by atoms with E-state index < -0.39 is 30.2 Å². The third-order valence-electron chi connectivity index (χ3n) is 4.84. The number of benzene rings is 2. The number of primary amides is 1. The molecule has 0 saturated heterocycles. The van der Waals surface area contributed by atoms with E-state index in [1.165, 1.54) is 37.3 Å². The van der Waals surface area contributed by atoms with Crippen molar-refractivity contribution in [1.82, 2.24) is 0 Å². The van der Waals surface area contributed by atoms with Gasteiger partial charge in [0.2, 0.25) is 5.75 Å². The Balaban J connectivity index is 1.98. The number of alkyl halides is 3. The maximum absolute atomic E-state index is 13.2. The Kier molecular flexibility index (Phi) is 6.28. The van der Waals surface area contributed by atoms with E-state index in [0.717, 1.165) is 12.1 Å². The lowest BCUT2D eigenvalue weighted by Crippen LogP contribution is -2.35. The van der Waals surface area contributed by atoms with Crippen molar-refractivity contribution < 1.29 is 37.0 Å². The highest BCUT2D eigenvalue weighted by Crippen LogP contribution is 2.40. The topological polar surface area (TPSA) is 91.1 Å². The monoisotopic (exact) mass is 438 g/mol. The number of carbonyl (C=O) groups is 2. The smallest absolute Gasteiger partial charge is 0.416 e. The van der Waals surface area contributed by atoms with E-state index in [9.17, 15) is 22.8 Å². The van der Waals surface area contributed by atoms with Gasteiger partial charge in [0.15, 0.2) is 18.1 Å². The predicted octanol–water partition coefficient (Wildman–Crippen LogP) is 3.18. The number of halogens is 3. The molecule has 2 aromatic carbocycles. The second kappa shape index (κ2) is 8.75. The molecule has 10 heteroatoms. The van der Waals surface area contributed by atoms with Crippen molar-refractivity contribution in [3.8, 4) is 17.2 Å². The second-order valence-electron chi connectivity index (χ2n) is 6.87. The molecule has 3 rings (SSSR count). The largest absolute Gasteiger partial charge is 0.493 e. The van der Waals surface area contributed by atoms with Crippen molar-refractivity contribution in [3.05, 3.63) is 47.0 Å². The zero-order valence-electron chi connectivity index (χ0n) is 16.9. The summed E-state index contributed by atoms with van der Waals surface area (Å²) in [7, 11) is 2.71. The van der Waals surface area contributed by atoms with Crippen LogP contribution in [0.1, 0.15) is 27.9 Å². The average Bonchev–Trinajstić information content (AvgIpc) is 2.74. The van der Waals surface area contributed by atoms with Crippen LogP contribution in [0.15, 0.2) is 30.3 Å². The van der Waals surface area contributed by atoms with Crippen molar-refractivity contribution >= 4 is 17.5 Å². The molecule has 1 aliphatic heterocycles. The van der Waals surface area contributed by atoms with Crippen molar-refractivity contribution in [1.29, 1.82) is 0 Å². The maximum Gasteiger partial charge on any atom is 0.416 e. The molecule has 1 aliphatic rings. The minimum Gasteiger partial charge on any atom is -0.493 e. The average molecular weight is 438 g/mol. The van der Waals surface area contributed by atoms with Crippen LogP contribution in [0, 0.1) is 0 Å². The van der Waals surface area contributed by atoms with Gasteiger partial charge in [-0.3, -0.25) is 9.59 Å². The first-order chi connectivity index (χ1) is 14.7. The lowest BCUT2D eigenvalue weighted by molar-refractivity contribution is -0.137. The molecule has 0 aliphatic carbocycles. The Morgan fingerprint density at radius 3 is 2.29 bits per heavy atom. The number of amides is 2. The van der Waals surface area contributed by atoms with Gasteiger partial charge in [-0.25, -0.2) is 0 Å². The summed E-state index contributed by atoms with van der Waals surface area (Å²) in [6.07, 6.45) is -3.49. The zero-order valence-corrected chi connectivity index (χ0v) is 16.9. The van der Waals surface area contributed by atoms with Crippen LogP contribution in [0.5, 0.6) is 17.2 Å². The molecule has 0 atom stereocenters. The van der Waals surface area contributed by atoms with E-state index in [4.69, 9.17) is 19.9 Å². The van der Waals surface area contributed by atoms with Gasteiger partial charge in [-0.15, -0.1) is 0 Å². The standard InChI is InChI=1S/C21H21F3N2O5/c1-29-16-9-13(10-17(30-2)19(16)31-11-18(25)27)20(28)26-7-3-4-12-8-14(21(22,23)24)5-6-15(12)26/h5-6,8-10H,3-4,7,11H2,1-2H3,(H2,25,27). The predicted molar refractivity (Wildman–Crippen MR) is 106 cm³/mol. The number of ether oxygens (including phenoxy) is 3. The molecule has 166 valence electrons. The van der Waals surface area contributed by atoms with Gasteiger partial charge in [0.25, 0.3) is 11.8 Å². The summed E-state index contributed by atoms with van der Waals surface area (Å²) in [5.74, 6) is -0.734. The van der Waals surface area contributed by atoms with Gasteiger partial charge in [0.05, 0.1) is 19.8 Å². The highest BCUT2D eigenvalue weighted by Gasteiger charge is 2.33. The fourth-order valence-corrected chi connectivity index (χ4v) is 3.43. The SMILES string of the molecule is COc1cc(C(=O)N2CCCc3cc(C(F)(F)F)ccc32)cc(OC)c1OCC(N)=O. The minimum atomic E-state index is -4.46. The molecule has 7 nitrogen and oxygen atoms in total. The maximum atomic E-state index is 13.2. The summed E-state index contributed by atoms with van der Waals surface area (Å²) in [6.45, 7) is -0.0667. The first-order valence-electron chi connectivity index (χ1n) is 9.34. The van der Waals surface area contributed by atoms with E-state index in [2.05, 4.69) is 0 Å².